The lowest BCUT2D eigenvalue weighted by Crippen LogP contribution is -2.47. The number of fused-ring (bicyclic) bond motifs is 2. The molecule has 1 aromatic carbocycles. The molecule has 2 aliphatic rings. The van der Waals surface area contributed by atoms with E-state index in [0.29, 0.717) is 18.8 Å². The fraction of sp³-hybridized carbons (Fsp3) is 0.294. The van der Waals surface area contributed by atoms with Gasteiger partial charge in [-0.2, -0.15) is 0 Å². The maximum atomic E-state index is 12.7. The summed E-state index contributed by atoms with van der Waals surface area (Å²) in [6.45, 7) is 0.785. The molecular formula is C17H15N3O5S. The Morgan fingerprint density at radius 3 is 3.00 bits per heavy atom. The van der Waals surface area contributed by atoms with Gasteiger partial charge >= 0.3 is 0 Å². The number of anilines is 1. The van der Waals surface area contributed by atoms with Crippen LogP contribution in [-0.2, 0) is 22.6 Å². The molecule has 0 bridgehead atoms. The zero-order valence-corrected chi connectivity index (χ0v) is 14.5. The molecule has 8 nitrogen and oxygen atoms in total. The standard InChI is InChI=1S/C17H15N3O5S/c21-16(18-5-3-15-11(8-18)4-6-26-15)9-19-13-7-12(20(23)24)1-2-14(13)25-10-17(19)22/h1-2,4,6-7H,3,5,8-10H2. The molecule has 9 heteroatoms. The van der Waals surface area contributed by atoms with Gasteiger partial charge in [-0.15, -0.1) is 11.3 Å². The van der Waals surface area contributed by atoms with Gasteiger partial charge in [0, 0.05) is 30.1 Å². The second-order valence-electron chi connectivity index (χ2n) is 6.11. The van der Waals surface area contributed by atoms with Crippen molar-refractivity contribution in [1.82, 2.24) is 4.90 Å². The van der Waals surface area contributed by atoms with Crippen LogP contribution >= 0.6 is 11.3 Å². The monoisotopic (exact) mass is 373 g/mol. The first-order valence-corrected chi connectivity index (χ1v) is 8.95. The fourth-order valence-corrected chi connectivity index (χ4v) is 4.06. The molecule has 26 heavy (non-hydrogen) atoms. The zero-order valence-electron chi connectivity index (χ0n) is 13.7. The molecule has 4 rings (SSSR count). The number of nitro groups is 1. The Labute approximate surface area is 152 Å². The summed E-state index contributed by atoms with van der Waals surface area (Å²) in [4.78, 5) is 39.8. The summed E-state index contributed by atoms with van der Waals surface area (Å²) in [5, 5.41) is 13.0. The van der Waals surface area contributed by atoms with Gasteiger partial charge < -0.3 is 9.64 Å². The highest BCUT2D eigenvalue weighted by atomic mass is 32.1. The van der Waals surface area contributed by atoms with Crippen molar-refractivity contribution in [3.05, 3.63) is 50.2 Å². The van der Waals surface area contributed by atoms with Gasteiger partial charge in [-0.1, -0.05) is 0 Å². The molecule has 134 valence electrons. The largest absolute Gasteiger partial charge is 0.482 e. The first-order valence-electron chi connectivity index (χ1n) is 8.07. The van der Waals surface area contributed by atoms with E-state index in [9.17, 15) is 19.7 Å². The average molecular weight is 373 g/mol. The molecule has 2 aromatic rings. The van der Waals surface area contributed by atoms with Crippen molar-refractivity contribution < 1.29 is 19.2 Å². The van der Waals surface area contributed by atoms with E-state index in [2.05, 4.69) is 0 Å². The van der Waals surface area contributed by atoms with E-state index in [-0.39, 0.29) is 36.3 Å². The van der Waals surface area contributed by atoms with Crippen molar-refractivity contribution in [3.8, 4) is 5.75 Å². The van der Waals surface area contributed by atoms with Crippen LogP contribution in [0.4, 0.5) is 11.4 Å². The summed E-state index contributed by atoms with van der Waals surface area (Å²) in [5.41, 5.74) is 1.25. The number of carbonyl (C=O) groups excluding carboxylic acids is 2. The van der Waals surface area contributed by atoms with Crippen molar-refractivity contribution >= 4 is 34.5 Å². The third kappa shape index (κ3) is 2.90. The molecule has 0 saturated carbocycles. The van der Waals surface area contributed by atoms with Gasteiger partial charge in [-0.25, -0.2) is 0 Å². The van der Waals surface area contributed by atoms with Gasteiger partial charge in [0.1, 0.15) is 12.3 Å². The second-order valence-corrected chi connectivity index (χ2v) is 7.11. The third-order valence-electron chi connectivity index (χ3n) is 4.55. The molecular weight excluding hydrogens is 358 g/mol. The highest BCUT2D eigenvalue weighted by Gasteiger charge is 2.31. The maximum Gasteiger partial charge on any atom is 0.271 e. The quantitative estimate of drug-likeness (QED) is 0.606. The molecule has 0 unspecified atom stereocenters. The molecule has 2 amide bonds. The number of rotatable bonds is 3. The number of non-ortho nitro benzene ring substituents is 1. The molecule has 2 aliphatic heterocycles. The molecule has 0 atom stereocenters. The maximum absolute atomic E-state index is 12.7. The van der Waals surface area contributed by atoms with E-state index in [1.165, 1.54) is 28.0 Å². The van der Waals surface area contributed by atoms with Crippen LogP contribution in [0.5, 0.6) is 5.75 Å². The Hall–Kier alpha value is -2.94. The zero-order chi connectivity index (χ0) is 18.3. The second kappa shape index (κ2) is 6.41. The third-order valence-corrected chi connectivity index (χ3v) is 5.57. The predicted molar refractivity (Wildman–Crippen MR) is 94.4 cm³/mol. The molecule has 0 saturated heterocycles. The Morgan fingerprint density at radius 1 is 1.35 bits per heavy atom. The Kier molecular flexibility index (Phi) is 4.08. The van der Waals surface area contributed by atoms with Crippen LogP contribution in [-0.4, -0.2) is 41.3 Å². The molecule has 0 N–H and O–H groups in total. The lowest BCUT2D eigenvalue weighted by Gasteiger charge is -2.32. The Bertz CT molecular complexity index is 910. The number of thiophene rings is 1. The van der Waals surface area contributed by atoms with Crippen molar-refractivity contribution in [2.75, 3.05) is 24.6 Å². The minimum atomic E-state index is -0.540. The minimum Gasteiger partial charge on any atom is -0.482 e. The van der Waals surface area contributed by atoms with Crippen LogP contribution in [0.3, 0.4) is 0 Å². The van der Waals surface area contributed by atoms with Crippen LogP contribution in [0.25, 0.3) is 0 Å². The first-order chi connectivity index (χ1) is 12.5. The van der Waals surface area contributed by atoms with Crippen molar-refractivity contribution in [2.45, 2.75) is 13.0 Å². The van der Waals surface area contributed by atoms with E-state index < -0.39 is 4.92 Å². The Balaban J connectivity index is 1.56. The summed E-state index contributed by atoms with van der Waals surface area (Å²) >= 11 is 1.69. The number of ether oxygens (including phenoxy) is 1. The Morgan fingerprint density at radius 2 is 2.19 bits per heavy atom. The highest BCUT2D eigenvalue weighted by molar-refractivity contribution is 7.10. The van der Waals surface area contributed by atoms with Crippen molar-refractivity contribution in [1.29, 1.82) is 0 Å². The minimum absolute atomic E-state index is 0.152. The van der Waals surface area contributed by atoms with E-state index >= 15 is 0 Å². The van der Waals surface area contributed by atoms with Crippen LogP contribution < -0.4 is 9.64 Å². The number of amides is 2. The fourth-order valence-electron chi connectivity index (χ4n) is 3.17. The number of hydrogen-bond acceptors (Lipinski definition) is 6. The van der Waals surface area contributed by atoms with Crippen LogP contribution in [0.15, 0.2) is 29.6 Å². The highest BCUT2D eigenvalue weighted by Crippen LogP contribution is 2.35. The molecule has 1 aromatic heterocycles. The van der Waals surface area contributed by atoms with Crippen molar-refractivity contribution in [3.63, 3.8) is 0 Å². The van der Waals surface area contributed by atoms with Crippen LogP contribution in [0.1, 0.15) is 10.4 Å². The molecule has 0 fully saturated rings. The average Bonchev–Trinajstić information content (AvgIpc) is 3.11. The van der Waals surface area contributed by atoms with Gasteiger partial charge in [0.25, 0.3) is 11.6 Å². The van der Waals surface area contributed by atoms with Gasteiger partial charge in [-0.05, 0) is 29.5 Å². The topological polar surface area (TPSA) is 93.0 Å². The van der Waals surface area contributed by atoms with E-state index in [4.69, 9.17) is 4.74 Å². The molecule has 0 aliphatic carbocycles. The number of nitrogens with zero attached hydrogens (tertiary/aromatic N) is 3. The molecule has 0 spiro atoms. The summed E-state index contributed by atoms with van der Waals surface area (Å²) in [7, 11) is 0. The lowest BCUT2D eigenvalue weighted by atomic mass is 10.1. The van der Waals surface area contributed by atoms with Gasteiger partial charge in [0.2, 0.25) is 5.91 Å². The first kappa shape index (κ1) is 16.5. The SMILES string of the molecule is O=C(CN1C(=O)COc2ccc([N+](=O)[O-])cc21)N1CCc2sccc2C1. The normalized spacial score (nSPS) is 15.9. The van der Waals surface area contributed by atoms with Crippen LogP contribution in [0, 0.1) is 10.1 Å². The molecule has 3 heterocycles. The number of hydrogen-bond donors (Lipinski definition) is 0. The molecule has 0 radical (unpaired) electrons. The number of carbonyl (C=O) groups is 2. The van der Waals surface area contributed by atoms with Crippen LogP contribution in [0.2, 0.25) is 0 Å². The van der Waals surface area contributed by atoms with Gasteiger partial charge in [0.15, 0.2) is 6.61 Å². The van der Waals surface area contributed by atoms with Gasteiger partial charge in [-0.3, -0.25) is 24.6 Å². The number of benzene rings is 1. The summed E-state index contributed by atoms with van der Waals surface area (Å²) in [5.74, 6) is -0.212. The summed E-state index contributed by atoms with van der Waals surface area (Å²) in [6.07, 6.45) is 0.803. The van der Waals surface area contributed by atoms with E-state index in [0.717, 1.165) is 12.0 Å². The lowest BCUT2D eigenvalue weighted by molar-refractivity contribution is -0.384. The van der Waals surface area contributed by atoms with E-state index in [1.54, 1.807) is 16.2 Å². The van der Waals surface area contributed by atoms with Crippen molar-refractivity contribution in [2.24, 2.45) is 0 Å². The predicted octanol–water partition coefficient (Wildman–Crippen LogP) is 1.97. The number of nitro benzene ring substituents is 1. The summed E-state index contributed by atoms with van der Waals surface area (Å²) < 4.78 is 5.33. The summed E-state index contributed by atoms with van der Waals surface area (Å²) in [6, 6.07) is 6.05. The smallest absolute Gasteiger partial charge is 0.271 e. The van der Waals surface area contributed by atoms with E-state index in [1.807, 2.05) is 11.4 Å². The van der Waals surface area contributed by atoms with Gasteiger partial charge in [0.05, 0.1) is 10.6 Å².